The Morgan fingerprint density at radius 1 is 1.40 bits per heavy atom. The van der Waals surface area contributed by atoms with E-state index in [-0.39, 0.29) is 42.7 Å². The van der Waals surface area contributed by atoms with Crippen molar-refractivity contribution in [3.8, 4) is 0 Å². The number of rotatable bonds is 2. The zero-order valence-corrected chi connectivity index (χ0v) is 9.64. The Hall–Kier alpha value is 1.29. The van der Waals surface area contributed by atoms with Crippen molar-refractivity contribution in [2.45, 2.75) is 13.8 Å². The maximum atomic E-state index is 8.36. The second-order valence-electron chi connectivity index (χ2n) is 0.961. The van der Waals surface area contributed by atoms with E-state index in [9.17, 15) is 0 Å². The van der Waals surface area contributed by atoms with Gasteiger partial charge in [-0.3, -0.25) is 0 Å². The van der Waals surface area contributed by atoms with Crippen molar-refractivity contribution in [1.82, 2.24) is 0 Å². The summed E-state index contributed by atoms with van der Waals surface area (Å²) in [4.78, 5) is 0. The molecular weight excluding hydrogens is 162 g/mol. The van der Waals surface area contributed by atoms with Crippen molar-refractivity contribution in [1.29, 1.82) is 0 Å². The van der Waals surface area contributed by atoms with Crippen LogP contribution < -0.4 is 34.6 Å². The van der Waals surface area contributed by atoms with Gasteiger partial charge in [-0.1, -0.05) is 0 Å². The third-order valence-corrected chi connectivity index (χ3v) is 1.34. The second kappa shape index (κ2) is 31.7. The summed E-state index contributed by atoms with van der Waals surface area (Å²) in [5, 5.41) is 15.2. The average Bonchev–Trinajstić information content (AvgIpc) is 1.71. The molecule has 0 aromatic rings. The molecule has 0 aliphatic carbocycles. The minimum Gasteiger partial charge on any atom is -0.870 e. The van der Waals surface area contributed by atoms with E-state index in [1.54, 1.807) is 11.8 Å². The molecule has 2 N–H and O–H groups in total. The van der Waals surface area contributed by atoms with Crippen LogP contribution in [0, 0.1) is 0 Å². The van der Waals surface area contributed by atoms with Gasteiger partial charge in [-0.05, 0) is 25.6 Å². The van der Waals surface area contributed by atoms with Crippen molar-refractivity contribution >= 4 is 19.4 Å². The van der Waals surface area contributed by atoms with E-state index in [0.717, 1.165) is 0 Å². The van der Waals surface area contributed by atoms with Gasteiger partial charge in [0.05, 0.1) is 0 Å². The molecule has 0 heterocycles. The van der Waals surface area contributed by atoms with Crippen LogP contribution in [0.15, 0.2) is 0 Å². The summed E-state index contributed by atoms with van der Waals surface area (Å²) in [5.74, 6) is 2.63. The average molecular weight is 175 g/mol. The molecule has 0 spiro atoms. The molecule has 0 rings (SSSR count). The van der Waals surface area contributed by atoms with Gasteiger partial charge in [0.25, 0.3) is 0 Å². The molecule has 0 bridgehead atoms. The molecule has 0 aromatic carbocycles. The Balaban J connectivity index is -0.0000000326. The first-order valence-corrected chi connectivity index (χ1v) is 3.81. The SMILES string of the molecule is CC[SH+]CC.[Na+].[O-][B]O.[OH-]. The Kier molecular flexibility index (Phi) is 71.4. The summed E-state index contributed by atoms with van der Waals surface area (Å²) in [5.41, 5.74) is 0. The zero-order chi connectivity index (χ0) is 6.83. The molecule has 3 nitrogen and oxygen atoms in total. The van der Waals surface area contributed by atoms with E-state index in [1.807, 2.05) is 0 Å². The third-order valence-electron chi connectivity index (χ3n) is 0.447. The molecular formula is C4H13BNaO3S. The minimum atomic E-state index is -0.250. The molecule has 6 heteroatoms. The molecule has 0 aliphatic heterocycles. The van der Waals surface area contributed by atoms with E-state index in [4.69, 9.17) is 10.0 Å². The summed E-state index contributed by atoms with van der Waals surface area (Å²) in [6.45, 7) is 4.40. The fourth-order valence-corrected chi connectivity index (χ4v) is 0.671. The van der Waals surface area contributed by atoms with Crippen LogP contribution in [0.4, 0.5) is 0 Å². The van der Waals surface area contributed by atoms with Gasteiger partial charge in [-0.2, -0.15) is 0 Å². The van der Waals surface area contributed by atoms with Gasteiger partial charge < -0.3 is 15.5 Å². The predicted molar refractivity (Wildman–Crippen MR) is 39.8 cm³/mol. The van der Waals surface area contributed by atoms with Crippen LogP contribution in [0.25, 0.3) is 0 Å². The first-order chi connectivity index (χ1) is 3.83. The van der Waals surface area contributed by atoms with Gasteiger partial charge >= 0.3 is 29.6 Å². The molecule has 0 unspecified atom stereocenters. The third kappa shape index (κ3) is 58.9. The molecule has 0 aromatic heterocycles. The molecule has 10 heavy (non-hydrogen) atoms. The van der Waals surface area contributed by atoms with Crippen molar-refractivity contribution < 1.29 is 45.1 Å². The van der Waals surface area contributed by atoms with E-state index in [0.29, 0.717) is 0 Å². The van der Waals surface area contributed by atoms with Crippen molar-refractivity contribution in [2.75, 3.05) is 11.5 Å². The van der Waals surface area contributed by atoms with Crippen LogP contribution in [-0.4, -0.2) is 29.7 Å². The van der Waals surface area contributed by atoms with E-state index in [1.165, 1.54) is 11.5 Å². The molecule has 1 radical (unpaired) electrons. The number of hydrogen-bond acceptors (Lipinski definition) is 3. The van der Waals surface area contributed by atoms with E-state index >= 15 is 0 Å². The maximum Gasteiger partial charge on any atom is 1.00 e. The van der Waals surface area contributed by atoms with Gasteiger partial charge in [0.2, 0.25) is 0 Å². The van der Waals surface area contributed by atoms with Crippen LogP contribution in [0.2, 0.25) is 0 Å². The molecule has 0 amide bonds. The van der Waals surface area contributed by atoms with Crippen LogP contribution in [-0.2, 0) is 11.8 Å². The first-order valence-electron chi connectivity index (χ1n) is 2.54. The maximum absolute atomic E-state index is 8.36. The second-order valence-corrected chi connectivity index (χ2v) is 2.67. The normalized spacial score (nSPS) is 5.60. The Morgan fingerprint density at radius 3 is 1.60 bits per heavy atom. The molecule has 0 saturated carbocycles. The van der Waals surface area contributed by atoms with Gasteiger partial charge in [-0.15, -0.1) is 0 Å². The monoisotopic (exact) mass is 175 g/mol. The summed E-state index contributed by atoms with van der Waals surface area (Å²) < 4.78 is 0. The van der Waals surface area contributed by atoms with Gasteiger partial charge in [0.1, 0.15) is 11.5 Å². The summed E-state index contributed by atoms with van der Waals surface area (Å²) >= 11 is 1.58. The molecule has 0 fully saturated rings. The Morgan fingerprint density at radius 2 is 1.60 bits per heavy atom. The topological polar surface area (TPSA) is 73.3 Å². The first kappa shape index (κ1) is 22.5. The van der Waals surface area contributed by atoms with Gasteiger partial charge in [0, 0.05) is 0 Å². The fraction of sp³-hybridized carbons (Fsp3) is 1.00. The fourth-order valence-electron chi connectivity index (χ4n) is 0.224. The van der Waals surface area contributed by atoms with Crippen molar-refractivity contribution in [2.24, 2.45) is 0 Å². The largest absolute Gasteiger partial charge is 1.00 e. The van der Waals surface area contributed by atoms with E-state index in [2.05, 4.69) is 13.8 Å². The van der Waals surface area contributed by atoms with Crippen molar-refractivity contribution in [3.05, 3.63) is 0 Å². The minimum absolute atomic E-state index is 0. The van der Waals surface area contributed by atoms with Crippen LogP contribution in [0.5, 0.6) is 0 Å². The van der Waals surface area contributed by atoms with Crippen LogP contribution in [0.1, 0.15) is 13.8 Å². The summed E-state index contributed by atoms with van der Waals surface area (Å²) in [6.07, 6.45) is 0. The molecule has 0 saturated heterocycles. The summed E-state index contributed by atoms with van der Waals surface area (Å²) in [7, 11) is -0.250. The number of thiol groups is 1. The molecule has 57 valence electrons. The standard InChI is InChI=1S/C4H10S.BHO2.Na.H2O/c1-3-5-4-2;2-1-3;;/h3-4H2,1-2H3;2H;;1H2/q;-1;+1;. The van der Waals surface area contributed by atoms with E-state index < -0.39 is 0 Å². The molecule has 0 aliphatic rings. The Labute approximate surface area is 89.5 Å². The number of hydrogen-bond donors (Lipinski definition) is 1. The van der Waals surface area contributed by atoms with Gasteiger partial charge in [-0.25, -0.2) is 0 Å². The van der Waals surface area contributed by atoms with Crippen molar-refractivity contribution in [3.63, 3.8) is 0 Å². The quantitative estimate of drug-likeness (QED) is 0.261. The summed E-state index contributed by atoms with van der Waals surface area (Å²) in [6, 6.07) is 0. The molecule has 0 atom stereocenters. The zero-order valence-electron chi connectivity index (χ0n) is 6.74. The van der Waals surface area contributed by atoms with Gasteiger partial charge in [0.15, 0.2) is 7.69 Å². The predicted octanol–water partition coefficient (Wildman–Crippen LogP) is -4.46. The van der Waals surface area contributed by atoms with Crippen LogP contribution >= 0.6 is 0 Å². The van der Waals surface area contributed by atoms with Crippen LogP contribution in [0.3, 0.4) is 0 Å². The Bertz CT molecular complexity index is 34.5. The smallest absolute Gasteiger partial charge is 0.870 e.